The van der Waals surface area contributed by atoms with Gasteiger partial charge in [0.05, 0.1) is 7.11 Å². The summed E-state index contributed by atoms with van der Waals surface area (Å²) in [6.45, 7) is 0. The summed E-state index contributed by atoms with van der Waals surface area (Å²) >= 11 is 0. The van der Waals surface area contributed by atoms with Crippen LogP contribution in [0, 0.1) is 0 Å². The number of fused-ring (bicyclic) bond motifs is 1. The highest BCUT2D eigenvalue weighted by Gasteiger charge is 2.09. The molecule has 2 rings (SSSR count). The second kappa shape index (κ2) is 4.33. The molecule has 5 heteroatoms. The minimum atomic E-state index is -4.48. The van der Waals surface area contributed by atoms with Crippen molar-refractivity contribution in [2.45, 2.75) is 5.75 Å². The number of rotatable bonds is 3. The number of halogens is 1. The summed E-state index contributed by atoms with van der Waals surface area (Å²) in [7, 11) is -2.91. The van der Waals surface area contributed by atoms with Crippen molar-refractivity contribution in [1.82, 2.24) is 0 Å². The molecule has 17 heavy (non-hydrogen) atoms. The maximum Gasteiger partial charge on any atom is 0.306 e. The van der Waals surface area contributed by atoms with Crippen LogP contribution in [0.3, 0.4) is 0 Å². The van der Waals surface area contributed by atoms with Gasteiger partial charge in [-0.1, -0.05) is 24.3 Å². The van der Waals surface area contributed by atoms with Gasteiger partial charge < -0.3 is 4.74 Å². The highest BCUT2D eigenvalue weighted by Crippen LogP contribution is 2.22. The lowest BCUT2D eigenvalue weighted by molar-refractivity contribution is 0.415. The summed E-state index contributed by atoms with van der Waals surface area (Å²) in [5, 5.41) is 1.77. The number of methoxy groups -OCH3 is 1. The molecule has 0 amide bonds. The van der Waals surface area contributed by atoms with E-state index in [-0.39, 0.29) is 0 Å². The van der Waals surface area contributed by atoms with E-state index in [2.05, 4.69) is 0 Å². The van der Waals surface area contributed by atoms with Gasteiger partial charge in [-0.2, -0.15) is 8.42 Å². The number of ether oxygens (including phenoxy) is 1. The summed E-state index contributed by atoms with van der Waals surface area (Å²) in [5.41, 5.74) is 0.435. The van der Waals surface area contributed by atoms with Crippen LogP contribution < -0.4 is 4.74 Å². The van der Waals surface area contributed by atoms with E-state index in [0.717, 1.165) is 16.5 Å². The lowest BCUT2D eigenvalue weighted by atomic mass is 10.1. The van der Waals surface area contributed by atoms with Gasteiger partial charge in [0.1, 0.15) is 11.5 Å². The molecule has 0 aromatic heterocycles. The highest BCUT2D eigenvalue weighted by atomic mass is 32.3. The maximum atomic E-state index is 12.5. The van der Waals surface area contributed by atoms with Crippen LogP contribution in [0.5, 0.6) is 5.75 Å². The molecule has 2 aromatic carbocycles. The van der Waals surface area contributed by atoms with Gasteiger partial charge in [0.25, 0.3) is 0 Å². The van der Waals surface area contributed by atoms with E-state index in [9.17, 15) is 12.3 Å². The Hall–Kier alpha value is -1.62. The smallest absolute Gasteiger partial charge is 0.306 e. The molecule has 0 bridgehead atoms. The normalized spacial score (nSPS) is 11.6. The molecule has 0 heterocycles. The summed E-state index contributed by atoms with van der Waals surface area (Å²) in [5.74, 6) is 0.137. The number of hydrogen-bond donors (Lipinski definition) is 0. The topological polar surface area (TPSA) is 43.4 Å². The summed E-state index contributed by atoms with van der Waals surface area (Å²) in [6.07, 6.45) is 0. The van der Waals surface area contributed by atoms with E-state index in [1.807, 2.05) is 12.1 Å². The Kier molecular flexibility index (Phi) is 3.02. The minimum Gasteiger partial charge on any atom is -0.497 e. The van der Waals surface area contributed by atoms with Crippen LogP contribution in [0.15, 0.2) is 36.4 Å². The molecule has 0 saturated carbocycles. The van der Waals surface area contributed by atoms with Crippen molar-refractivity contribution in [2.75, 3.05) is 7.11 Å². The van der Waals surface area contributed by atoms with Crippen LogP contribution in [0.25, 0.3) is 10.8 Å². The van der Waals surface area contributed by atoms with Crippen molar-refractivity contribution in [1.29, 1.82) is 0 Å². The molecule has 3 nitrogen and oxygen atoms in total. The summed E-state index contributed by atoms with van der Waals surface area (Å²) in [6, 6.07) is 10.4. The molecule has 0 N–H and O–H groups in total. The molecule has 0 radical (unpaired) electrons. The summed E-state index contributed by atoms with van der Waals surface area (Å²) < 4.78 is 38.7. The largest absolute Gasteiger partial charge is 0.497 e. The highest BCUT2D eigenvalue weighted by molar-refractivity contribution is 7.85. The predicted molar refractivity (Wildman–Crippen MR) is 64.2 cm³/mol. The van der Waals surface area contributed by atoms with Gasteiger partial charge >= 0.3 is 10.2 Å². The van der Waals surface area contributed by atoms with Gasteiger partial charge in [0, 0.05) is 0 Å². The van der Waals surface area contributed by atoms with E-state index in [1.165, 1.54) is 0 Å². The van der Waals surface area contributed by atoms with Crippen molar-refractivity contribution in [3.63, 3.8) is 0 Å². The van der Waals surface area contributed by atoms with E-state index < -0.39 is 16.0 Å². The number of hydrogen-bond acceptors (Lipinski definition) is 3. The molecule has 0 aliphatic carbocycles. The molecule has 0 spiro atoms. The van der Waals surface area contributed by atoms with E-state index >= 15 is 0 Å². The van der Waals surface area contributed by atoms with Crippen LogP contribution in [0.1, 0.15) is 5.56 Å². The van der Waals surface area contributed by atoms with Gasteiger partial charge in [-0.15, -0.1) is 3.89 Å². The van der Waals surface area contributed by atoms with E-state index in [4.69, 9.17) is 4.74 Å². The average Bonchev–Trinajstić information content (AvgIpc) is 2.26. The standard InChI is InChI=1S/C12H11FO3S/c1-16-12-5-4-10-6-9(8-17(13,14)15)2-3-11(10)7-12/h2-7H,8H2,1H3. The van der Waals surface area contributed by atoms with E-state index in [0.29, 0.717) is 5.56 Å². The quantitative estimate of drug-likeness (QED) is 0.791. The van der Waals surface area contributed by atoms with Gasteiger partial charge in [-0.05, 0) is 28.5 Å². The van der Waals surface area contributed by atoms with E-state index in [1.54, 1.807) is 31.4 Å². The Morgan fingerprint density at radius 3 is 2.41 bits per heavy atom. The Morgan fingerprint density at radius 2 is 1.76 bits per heavy atom. The molecule has 0 saturated heterocycles. The molecule has 0 fully saturated rings. The fraction of sp³-hybridized carbons (Fsp3) is 0.167. The van der Waals surface area contributed by atoms with Gasteiger partial charge in [0.2, 0.25) is 0 Å². The van der Waals surface area contributed by atoms with Crippen molar-refractivity contribution in [2.24, 2.45) is 0 Å². The molecule has 0 unspecified atom stereocenters. The maximum absolute atomic E-state index is 12.5. The zero-order valence-electron chi connectivity index (χ0n) is 9.18. The third-order valence-electron chi connectivity index (χ3n) is 2.45. The average molecular weight is 254 g/mol. The zero-order chi connectivity index (χ0) is 12.5. The van der Waals surface area contributed by atoms with Gasteiger partial charge in [0.15, 0.2) is 0 Å². The van der Waals surface area contributed by atoms with Crippen molar-refractivity contribution >= 4 is 21.0 Å². The fourth-order valence-electron chi connectivity index (χ4n) is 1.69. The van der Waals surface area contributed by atoms with Gasteiger partial charge in [-0.25, -0.2) is 0 Å². The Bertz CT molecular complexity index is 650. The van der Waals surface area contributed by atoms with Gasteiger partial charge in [-0.3, -0.25) is 0 Å². The molecule has 0 aliphatic rings. The minimum absolute atomic E-state index is 0.435. The second-order valence-electron chi connectivity index (χ2n) is 3.73. The van der Waals surface area contributed by atoms with Crippen LogP contribution in [-0.4, -0.2) is 15.5 Å². The molecule has 0 aliphatic heterocycles. The van der Waals surface area contributed by atoms with Crippen molar-refractivity contribution in [3.05, 3.63) is 42.0 Å². The molecular formula is C12H11FO3S. The summed E-state index contributed by atoms with van der Waals surface area (Å²) in [4.78, 5) is 0. The first-order valence-corrected chi connectivity index (χ1v) is 6.52. The zero-order valence-corrected chi connectivity index (χ0v) is 10.00. The Morgan fingerprint density at radius 1 is 1.12 bits per heavy atom. The lowest BCUT2D eigenvalue weighted by Gasteiger charge is -2.04. The third-order valence-corrected chi connectivity index (χ3v) is 3.13. The Balaban J connectivity index is 2.45. The first-order chi connectivity index (χ1) is 7.98. The number of benzene rings is 2. The molecule has 90 valence electrons. The van der Waals surface area contributed by atoms with Crippen LogP contribution >= 0.6 is 0 Å². The SMILES string of the molecule is COc1ccc2cc(CS(=O)(=O)F)ccc2c1. The molecule has 0 atom stereocenters. The van der Waals surface area contributed by atoms with Crippen molar-refractivity contribution < 1.29 is 17.0 Å². The molecule has 2 aromatic rings. The first kappa shape index (κ1) is 11.9. The third kappa shape index (κ3) is 2.94. The lowest BCUT2D eigenvalue weighted by Crippen LogP contribution is -1.95. The van der Waals surface area contributed by atoms with Crippen LogP contribution in [-0.2, 0) is 16.0 Å². The van der Waals surface area contributed by atoms with Crippen molar-refractivity contribution in [3.8, 4) is 5.75 Å². The fourth-order valence-corrected chi connectivity index (χ4v) is 2.27. The monoisotopic (exact) mass is 254 g/mol. The van der Waals surface area contributed by atoms with Crippen LogP contribution in [0.2, 0.25) is 0 Å². The first-order valence-electron chi connectivity index (χ1n) is 4.97. The second-order valence-corrected chi connectivity index (χ2v) is 5.10. The van der Waals surface area contributed by atoms with Crippen LogP contribution in [0.4, 0.5) is 3.89 Å². The molecular weight excluding hydrogens is 243 g/mol. The Labute approximate surface area is 99.0 Å². The predicted octanol–water partition coefficient (Wildman–Crippen LogP) is 2.65.